The van der Waals surface area contributed by atoms with Crippen molar-refractivity contribution in [2.75, 3.05) is 19.8 Å². The Hall–Kier alpha value is -3.64. The van der Waals surface area contributed by atoms with Crippen LogP contribution in [-0.2, 0) is 37.5 Å². The van der Waals surface area contributed by atoms with Gasteiger partial charge in [0.1, 0.15) is 12.6 Å². The van der Waals surface area contributed by atoms with Gasteiger partial charge in [0.25, 0.3) is 0 Å². The number of nitrogens with two attached hydrogens (primary N) is 1. The van der Waals surface area contributed by atoms with E-state index in [9.17, 15) is 28.9 Å². The van der Waals surface area contributed by atoms with Gasteiger partial charge >= 0.3 is 25.7 Å². The molecule has 334 valence electrons. The van der Waals surface area contributed by atoms with Crippen molar-refractivity contribution in [3.63, 3.8) is 0 Å². The minimum atomic E-state index is -4.77. The van der Waals surface area contributed by atoms with Gasteiger partial charge < -0.3 is 30.3 Å². The maximum Gasteiger partial charge on any atom is 0.472 e. The Morgan fingerprint density at radius 3 is 1.83 bits per heavy atom. The fourth-order valence-corrected chi connectivity index (χ4v) is 5.80. The summed E-state index contributed by atoms with van der Waals surface area (Å²) in [7, 11) is -4.77. The second kappa shape index (κ2) is 39.8. The van der Waals surface area contributed by atoms with E-state index in [1.807, 2.05) is 12.2 Å². The summed E-state index contributed by atoms with van der Waals surface area (Å²) < 4.78 is 32.5. The van der Waals surface area contributed by atoms with Gasteiger partial charge in [0.05, 0.1) is 19.3 Å². The Labute approximate surface area is 354 Å². The van der Waals surface area contributed by atoms with Gasteiger partial charge in [-0.2, -0.15) is 0 Å². The number of phosphoric acid groups is 1. The van der Waals surface area contributed by atoms with Crippen molar-refractivity contribution in [1.82, 2.24) is 0 Å². The molecule has 0 aromatic heterocycles. The standard InChI is InChI=1S/C46H74NO11P/c1-3-5-7-9-11-13-15-17-18-20-22-24-26-28-32-37-45(50)58-42(39-56-59(53,54)57-40-43(47)46(51)52)38-55-44(49)36-33-29-31-35-41(48)34-30-27-25-23-21-19-16-14-12-10-8-6-4-2/h6,8,11-14,17-19,21,25,27,29-31,34,41-43,48H,3-5,7,9-10,15-16,20,22-24,26,28,32-33,35-40,47H2,1-2H3,(H,51,52)(H,53,54)/b8-6-,13-11-,14-12-,18-17-,21-19-,27-25-,31-29-,34-30-/t41?,42-,43+/m1/s1. The minimum Gasteiger partial charge on any atom is -0.480 e. The van der Waals surface area contributed by atoms with Gasteiger partial charge in [-0.05, 0) is 77.0 Å². The molecular weight excluding hydrogens is 773 g/mol. The highest BCUT2D eigenvalue weighted by molar-refractivity contribution is 7.47. The van der Waals surface area contributed by atoms with E-state index in [0.717, 1.165) is 70.6 Å². The SMILES string of the molecule is CC/C=C\C/C=C\C/C=C\C/C=C\C=C/C(O)C/C=C\CCC(=O)OC[C@H](COP(=O)(O)OC[C@H](N)C(=O)O)OC(=O)CCCCCCC/C=C\C/C=C\CCCCC. The first-order valence-corrected chi connectivity index (χ1v) is 22.9. The summed E-state index contributed by atoms with van der Waals surface area (Å²) in [5, 5.41) is 19.1. The molecule has 13 heteroatoms. The summed E-state index contributed by atoms with van der Waals surface area (Å²) >= 11 is 0. The Morgan fingerprint density at radius 1 is 0.627 bits per heavy atom. The van der Waals surface area contributed by atoms with Crippen LogP contribution in [0.25, 0.3) is 0 Å². The maximum absolute atomic E-state index is 12.6. The number of allylic oxidation sites excluding steroid dienone is 14. The van der Waals surface area contributed by atoms with Gasteiger partial charge in [-0.1, -0.05) is 143 Å². The molecule has 0 aromatic carbocycles. The monoisotopic (exact) mass is 847 g/mol. The second-order valence-corrected chi connectivity index (χ2v) is 15.4. The fraction of sp³-hybridized carbons (Fsp3) is 0.587. The van der Waals surface area contributed by atoms with E-state index in [4.69, 9.17) is 24.8 Å². The van der Waals surface area contributed by atoms with Gasteiger partial charge in [-0.25, -0.2) is 4.57 Å². The molecule has 5 N–H and O–H groups in total. The fourth-order valence-electron chi connectivity index (χ4n) is 5.03. The molecule has 0 amide bonds. The average Bonchev–Trinajstić information content (AvgIpc) is 3.21. The lowest BCUT2D eigenvalue weighted by molar-refractivity contribution is -0.161. The largest absolute Gasteiger partial charge is 0.480 e. The van der Waals surface area contributed by atoms with Crippen LogP contribution in [0.3, 0.4) is 0 Å². The number of aliphatic carboxylic acids is 1. The van der Waals surface area contributed by atoms with Crippen molar-refractivity contribution < 1.29 is 52.6 Å². The maximum atomic E-state index is 12.6. The Kier molecular flexibility index (Phi) is 37.3. The molecule has 4 atom stereocenters. The highest BCUT2D eigenvalue weighted by Gasteiger charge is 2.28. The molecule has 59 heavy (non-hydrogen) atoms. The molecular formula is C46H74NO11P. The quantitative estimate of drug-likeness (QED) is 0.0151. The first kappa shape index (κ1) is 55.4. The van der Waals surface area contributed by atoms with Crippen LogP contribution >= 0.6 is 7.82 Å². The van der Waals surface area contributed by atoms with E-state index in [1.54, 1.807) is 24.3 Å². The Balaban J connectivity index is 4.63. The number of ether oxygens (including phenoxy) is 2. The number of carboxylic acid groups (broad SMARTS) is 1. The third-order valence-electron chi connectivity index (χ3n) is 8.41. The molecule has 0 fully saturated rings. The Bertz CT molecular complexity index is 1380. The number of rotatable bonds is 38. The van der Waals surface area contributed by atoms with Crippen LogP contribution in [0.5, 0.6) is 0 Å². The van der Waals surface area contributed by atoms with Gasteiger partial charge in [-0.3, -0.25) is 23.4 Å². The number of phosphoric ester groups is 1. The van der Waals surface area contributed by atoms with Crippen molar-refractivity contribution >= 4 is 25.7 Å². The molecule has 0 bridgehead atoms. The van der Waals surface area contributed by atoms with E-state index >= 15 is 0 Å². The van der Waals surface area contributed by atoms with Gasteiger partial charge in [-0.15, -0.1) is 0 Å². The van der Waals surface area contributed by atoms with E-state index in [2.05, 4.69) is 79.1 Å². The lowest BCUT2D eigenvalue weighted by atomic mass is 10.1. The second-order valence-electron chi connectivity index (χ2n) is 13.9. The van der Waals surface area contributed by atoms with Crippen molar-refractivity contribution in [3.8, 4) is 0 Å². The van der Waals surface area contributed by atoms with Crippen LogP contribution in [0, 0.1) is 0 Å². The van der Waals surface area contributed by atoms with Gasteiger partial charge in [0.2, 0.25) is 0 Å². The molecule has 0 heterocycles. The van der Waals surface area contributed by atoms with Crippen LogP contribution in [0.4, 0.5) is 0 Å². The van der Waals surface area contributed by atoms with E-state index in [-0.39, 0.29) is 12.8 Å². The van der Waals surface area contributed by atoms with Crippen molar-refractivity contribution in [1.29, 1.82) is 0 Å². The molecule has 0 aliphatic carbocycles. The molecule has 0 aliphatic heterocycles. The lowest BCUT2D eigenvalue weighted by Crippen LogP contribution is -2.34. The average molecular weight is 848 g/mol. The lowest BCUT2D eigenvalue weighted by Gasteiger charge is -2.20. The normalized spacial score (nSPS) is 15.2. The van der Waals surface area contributed by atoms with Crippen molar-refractivity contribution in [3.05, 3.63) is 97.2 Å². The number of unbranched alkanes of at least 4 members (excludes halogenated alkanes) is 8. The summed E-state index contributed by atoms with van der Waals surface area (Å²) in [5.74, 6) is -2.61. The van der Waals surface area contributed by atoms with Crippen LogP contribution in [0.15, 0.2) is 97.2 Å². The predicted molar refractivity (Wildman–Crippen MR) is 236 cm³/mol. The smallest absolute Gasteiger partial charge is 0.472 e. The molecule has 0 radical (unpaired) electrons. The predicted octanol–water partition coefficient (Wildman–Crippen LogP) is 10.2. The highest BCUT2D eigenvalue weighted by Crippen LogP contribution is 2.43. The molecule has 0 aliphatic rings. The first-order chi connectivity index (χ1) is 28.5. The number of hydrogen-bond acceptors (Lipinski definition) is 10. The summed E-state index contributed by atoms with van der Waals surface area (Å²) in [4.78, 5) is 45.9. The van der Waals surface area contributed by atoms with Crippen molar-refractivity contribution in [2.24, 2.45) is 5.73 Å². The summed E-state index contributed by atoms with van der Waals surface area (Å²) in [6, 6.07) is -1.55. The van der Waals surface area contributed by atoms with Crippen LogP contribution in [-0.4, -0.2) is 71.1 Å². The van der Waals surface area contributed by atoms with Gasteiger partial charge in [0, 0.05) is 12.8 Å². The number of carbonyl (C=O) groups is 3. The topological polar surface area (TPSA) is 192 Å². The molecule has 12 nitrogen and oxygen atoms in total. The highest BCUT2D eigenvalue weighted by atomic mass is 31.2. The zero-order chi connectivity index (χ0) is 43.7. The Morgan fingerprint density at radius 2 is 1.19 bits per heavy atom. The summed E-state index contributed by atoms with van der Waals surface area (Å²) in [6.07, 6.45) is 46.5. The third-order valence-corrected chi connectivity index (χ3v) is 9.36. The van der Waals surface area contributed by atoms with E-state index in [1.165, 1.54) is 19.3 Å². The summed E-state index contributed by atoms with van der Waals surface area (Å²) in [5.41, 5.74) is 5.32. The van der Waals surface area contributed by atoms with Crippen LogP contribution in [0.1, 0.15) is 136 Å². The zero-order valence-corrected chi connectivity index (χ0v) is 36.6. The molecule has 0 aromatic rings. The van der Waals surface area contributed by atoms with Crippen molar-refractivity contribution in [2.45, 2.75) is 154 Å². The van der Waals surface area contributed by atoms with E-state index < -0.39 is 63.8 Å². The minimum absolute atomic E-state index is 0.00650. The summed E-state index contributed by atoms with van der Waals surface area (Å²) in [6.45, 7) is 2.44. The molecule has 0 saturated heterocycles. The van der Waals surface area contributed by atoms with Gasteiger partial charge in [0.15, 0.2) is 6.10 Å². The third kappa shape index (κ3) is 39.6. The number of esters is 2. The number of aliphatic hydroxyl groups excluding tert-OH is 1. The van der Waals surface area contributed by atoms with Crippen LogP contribution < -0.4 is 5.73 Å². The molecule has 0 spiro atoms. The number of hydrogen-bond donors (Lipinski definition) is 4. The van der Waals surface area contributed by atoms with Crippen LogP contribution in [0.2, 0.25) is 0 Å². The first-order valence-electron chi connectivity index (χ1n) is 21.4. The van der Waals surface area contributed by atoms with E-state index in [0.29, 0.717) is 19.3 Å². The number of carboxylic acids is 1. The molecule has 2 unspecified atom stereocenters. The molecule has 0 saturated carbocycles. The molecule has 0 rings (SSSR count). The zero-order valence-electron chi connectivity index (χ0n) is 35.7. The number of aliphatic hydroxyl groups is 1. The number of carbonyl (C=O) groups excluding carboxylic acids is 2.